The van der Waals surface area contributed by atoms with Gasteiger partial charge in [-0.1, -0.05) is 0 Å². The number of aromatic nitrogens is 2. The summed E-state index contributed by atoms with van der Waals surface area (Å²) in [7, 11) is 1.66. The third-order valence-electron chi connectivity index (χ3n) is 2.39. The maximum atomic E-state index is 11.8. The first-order chi connectivity index (χ1) is 8.58. The van der Waals surface area contributed by atoms with E-state index in [4.69, 9.17) is 0 Å². The first-order valence-corrected chi connectivity index (χ1v) is 5.12. The molecule has 0 saturated heterocycles. The van der Waals surface area contributed by atoms with Gasteiger partial charge in [-0.05, 0) is 18.2 Å². The lowest BCUT2D eigenvalue weighted by Crippen LogP contribution is -2.15. The van der Waals surface area contributed by atoms with E-state index in [0.29, 0.717) is 11.4 Å². The zero-order valence-electron chi connectivity index (χ0n) is 9.53. The summed E-state index contributed by atoms with van der Waals surface area (Å²) in [5.41, 5.74) is 0.883. The molecule has 2 rings (SSSR count). The molecular weight excluding hydrogens is 236 g/mol. The lowest BCUT2D eigenvalue weighted by atomic mass is 10.2. The molecule has 1 heterocycles. The molecule has 0 aliphatic carbocycles. The van der Waals surface area contributed by atoms with Crippen molar-refractivity contribution in [2.45, 2.75) is 0 Å². The van der Waals surface area contributed by atoms with Crippen LogP contribution < -0.4 is 5.32 Å². The topological polar surface area (TPSA) is 90.1 Å². The molecule has 0 bridgehead atoms. The minimum atomic E-state index is -0.493. The molecular formula is C11H10N4O3. The number of carbonyl (C=O) groups is 1. The van der Waals surface area contributed by atoms with E-state index in [9.17, 15) is 14.9 Å². The average molecular weight is 246 g/mol. The van der Waals surface area contributed by atoms with Crippen molar-refractivity contribution >= 4 is 17.3 Å². The Labute approximate surface area is 102 Å². The lowest BCUT2D eigenvalue weighted by molar-refractivity contribution is -0.384. The van der Waals surface area contributed by atoms with Gasteiger partial charge in [0.15, 0.2) is 0 Å². The Bertz CT molecular complexity index is 589. The van der Waals surface area contributed by atoms with E-state index in [2.05, 4.69) is 10.4 Å². The summed E-state index contributed by atoms with van der Waals surface area (Å²) in [5.74, 6) is -0.316. The molecule has 0 spiro atoms. The van der Waals surface area contributed by atoms with Gasteiger partial charge in [-0.25, -0.2) is 0 Å². The van der Waals surface area contributed by atoms with Gasteiger partial charge in [0, 0.05) is 31.1 Å². The number of hydrogen-bond acceptors (Lipinski definition) is 4. The molecule has 0 aliphatic rings. The SMILES string of the molecule is Cn1nccc1C(=O)Nc1ccc([N+](=O)[O-])cc1. The minimum Gasteiger partial charge on any atom is -0.321 e. The maximum Gasteiger partial charge on any atom is 0.273 e. The highest BCUT2D eigenvalue weighted by Gasteiger charge is 2.10. The van der Waals surface area contributed by atoms with Crippen LogP contribution in [-0.2, 0) is 7.05 Å². The van der Waals surface area contributed by atoms with Crippen molar-refractivity contribution in [2.75, 3.05) is 5.32 Å². The highest BCUT2D eigenvalue weighted by molar-refractivity contribution is 6.03. The van der Waals surface area contributed by atoms with Gasteiger partial charge in [-0.3, -0.25) is 19.6 Å². The Morgan fingerprint density at radius 3 is 2.50 bits per heavy atom. The zero-order chi connectivity index (χ0) is 13.1. The van der Waals surface area contributed by atoms with Crippen molar-refractivity contribution in [1.29, 1.82) is 0 Å². The number of anilines is 1. The zero-order valence-corrected chi connectivity index (χ0v) is 9.53. The second-order valence-electron chi connectivity index (χ2n) is 3.60. The van der Waals surface area contributed by atoms with Crippen molar-refractivity contribution < 1.29 is 9.72 Å². The fraction of sp³-hybridized carbons (Fsp3) is 0.0909. The molecule has 0 aliphatic heterocycles. The van der Waals surface area contributed by atoms with Crippen LogP contribution in [0, 0.1) is 10.1 Å². The largest absolute Gasteiger partial charge is 0.321 e. The Morgan fingerprint density at radius 1 is 1.33 bits per heavy atom. The normalized spacial score (nSPS) is 10.1. The van der Waals surface area contributed by atoms with Crippen LogP contribution in [0.2, 0.25) is 0 Å². The van der Waals surface area contributed by atoms with E-state index >= 15 is 0 Å². The third-order valence-corrected chi connectivity index (χ3v) is 2.39. The molecule has 2 aromatic rings. The van der Waals surface area contributed by atoms with E-state index in [1.54, 1.807) is 13.1 Å². The molecule has 0 saturated carbocycles. The van der Waals surface area contributed by atoms with Crippen molar-refractivity contribution in [3.8, 4) is 0 Å². The molecule has 0 atom stereocenters. The van der Waals surface area contributed by atoms with Crippen LogP contribution in [0.15, 0.2) is 36.5 Å². The number of aryl methyl sites for hydroxylation is 1. The van der Waals surface area contributed by atoms with Gasteiger partial charge in [-0.15, -0.1) is 0 Å². The number of rotatable bonds is 3. The number of nitrogens with one attached hydrogen (secondary N) is 1. The third kappa shape index (κ3) is 2.34. The van der Waals surface area contributed by atoms with Crippen molar-refractivity contribution in [2.24, 2.45) is 7.05 Å². The first kappa shape index (κ1) is 11.8. The summed E-state index contributed by atoms with van der Waals surface area (Å²) in [5, 5.41) is 17.0. The monoisotopic (exact) mass is 246 g/mol. The van der Waals surface area contributed by atoms with Crippen LogP contribution in [0.4, 0.5) is 11.4 Å². The minimum absolute atomic E-state index is 0.0199. The highest BCUT2D eigenvalue weighted by atomic mass is 16.6. The Hall–Kier alpha value is -2.70. The van der Waals surface area contributed by atoms with Crippen molar-refractivity contribution in [1.82, 2.24) is 9.78 Å². The van der Waals surface area contributed by atoms with Gasteiger partial charge >= 0.3 is 0 Å². The van der Waals surface area contributed by atoms with Gasteiger partial charge in [0.05, 0.1) is 4.92 Å². The van der Waals surface area contributed by atoms with Crippen molar-refractivity contribution in [3.05, 3.63) is 52.3 Å². The fourth-order valence-corrected chi connectivity index (χ4v) is 1.46. The smallest absolute Gasteiger partial charge is 0.273 e. The quantitative estimate of drug-likeness (QED) is 0.657. The van der Waals surface area contributed by atoms with E-state index in [-0.39, 0.29) is 11.6 Å². The molecule has 1 amide bonds. The van der Waals surface area contributed by atoms with Crippen LogP contribution in [-0.4, -0.2) is 20.6 Å². The average Bonchev–Trinajstić information content (AvgIpc) is 2.76. The summed E-state index contributed by atoms with van der Waals surface area (Å²) in [4.78, 5) is 21.8. The molecule has 7 heteroatoms. The standard InChI is InChI=1S/C11H10N4O3/c1-14-10(6-7-12-14)11(16)13-8-2-4-9(5-3-8)15(17)18/h2-7H,1H3,(H,13,16). The van der Waals surface area contributed by atoms with E-state index in [1.165, 1.54) is 35.1 Å². The summed E-state index contributed by atoms with van der Waals surface area (Å²) < 4.78 is 1.45. The second kappa shape index (κ2) is 4.66. The molecule has 1 N–H and O–H groups in total. The number of non-ortho nitro benzene ring substituents is 1. The van der Waals surface area contributed by atoms with Gasteiger partial charge in [0.25, 0.3) is 11.6 Å². The molecule has 92 valence electrons. The van der Waals surface area contributed by atoms with Crippen LogP contribution in [0.3, 0.4) is 0 Å². The number of nitro groups is 1. The number of benzene rings is 1. The molecule has 0 radical (unpaired) electrons. The van der Waals surface area contributed by atoms with Gasteiger partial charge in [0.2, 0.25) is 0 Å². The van der Waals surface area contributed by atoms with Gasteiger partial charge in [-0.2, -0.15) is 5.10 Å². The molecule has 18 heavy (non-hydrogen) atoms. The molecule has 7 nitrogen and oxygen atoms in total. The van der Waals surface area contributed by atoms with Crippen LogP contribution in [0.1, 0.15) is 10.5 Å². The Balaban J connectivity index is 2.13. The molecule has 1 aromatic heterocycles. The highest BCUT2D eigenvalue weighted by Crippen LogP contribution is 2.16. The molecule has 0 unspecified atom stereocenters. The molecule has 0 fully saturated rings. The number of nitrogens with zero attached hydrogens (tertiary/aromatic N) is 3. The van der Waals surface area contributed by atoms with Gasteiger partial charge < -0.3 is 5.32 Å². The maximum absolute atomic E-state index is 11.8. The van der Waals surface area contributed by atoms with E-state index in [1.807, 2.05) is 0 Å². The number of hydrogen-bond donors (Lipinski definition) is 1. The number of nitro benzene ring substituents is 1. The van der Waals surface area contributed by atoms with Crippen LogP contribution >= 0.6 is 0 Å². The van der Waals surface area contributed by atoms with Crippen LogP contribution in [0.5, 0.6) is 0 Å². The summed E-state index contributed by atoms with van der Waals surface area (Å²) in [6.45, 7) is 0. The first-order valence-electron chi connectivity index (χ1n) is 5.12. The predicted octanol–water partition coefficient (Wildman–Crippen LogP) is 1.58. The number of amides is 1. The predicted molar refractivity (Wildman–Crippen MR) is 64.3 cm³/mol. The van der Waals surface area contributed by atoms with Crippen LogP contribution in [0.25, 0.3) is 0 Å². The summed E-state index contributed by atoms with van der Waals surface area (Å²) in [6.07, 6.45) is 1.52. The second-order valence-corrected chi connectivity index (χ2v) is 3.60. The van der Waals surface area contributed by atoms with Crippen molar-refractivity contribution in [3.63, 3.8) is 0 Å². The van der Waals surface area contributed by atoms with E-state index in [0.717, 1.165) is 0 Å². The molecule has 1 aromatic carbocycles. The lowest BCUT2D eigenvalue weighted by Gasteiger charge is -2.04. The number of carbonyl (C=O) groups excluding carboxylic acids is 1. The van der Waals surface area contributed by atoms with E-state index < -0.39 is 4.92 Å². The fourth-order valence-electron chi connectivity index (χ4n) is 1.46. The Kier molecular flexibility index (Phi) is 3.05. The Morgan fingerprint density at radius 2 is 2.00 bits per heavy atom. The summed E-state index contributed by atoms with van der Waals surface area (Å²) >= 11 is 0. The summed E-state index contributed by atoms with van der Waals surface area (Å²) in [6, 6.07) is 7.21. The van der Waals surface area contributed by atoms with Gasteiger partial charge in [0.1, 0.15) is 5.69 Å².